The summed E-state index contributed by atoms with van der Waals surface area (Å²) in [6.45, 7) is 2.04. The summed E-state index contributed by atoms with van der Waals surface area (Å²) < 4.78 is 5.12. The maximum atomic E-state index is 13.9. The van der Waals surface area contributed by atoms with Gasteiger partial charge in [0.15, 0.2) is 16.8 Å². The molecule has 1 amide bonds. The minimum absolute atomic E-state index is 0.192. The fraction of sp³-hybridized carbons (Fsp3) is 0.0645. The topological polar surface area (TPSA) is 74.6 Å². The molecule has 39 heavy (non-hydrogen) atoms. The Balaban J connectivity index is 1.68. The number of amidine groups is 2. The zero-order chi connectivity index (χ0) is 27.2. The molecule has 0 spiro atoms. The van der Waals surface area contributed by atoms with Crippen LogP contribution in [-0.4, -0.2) is 40.2 Å². The highest BCUT2D eigenvalue weighted by Crippen LogP contribution is 2.29. The van der Waals surface area contributed by atoms with Crippen molar-refractivity contribution in [2.45, 2.75) is 6.92 Å². The van der Waals surface area contributed by atoms with Crippen molar-refractivity contribution in [1.29, 1.82) is 0 Å². The first-order valence-electron chi connectivity index (χ1n) is 12.4. The van der Waals surface area contributed by atoms with Crippen LogP contribution in [0.25, 0.3) is 0 Å². The number of aliphatic imine (C=N–C) groups is 2. The Hall–Kier alpha value is -4.95. The number of carbonyl (C=O) groups excluding carboxylic acids is 2. The summed E-state index contributed by atoms with van der Waals surface area (Å²) in [5, 5.41) is 0.192. The molecule has 7 nitrogen and oxygen atoms in total. The summed E-state index contributed by atoms with van der Waals surface area (Å²) in [5.74, 6) is -0.0817. The van der Waals surface area contributed by atoms with Crippen LogP contribution in [0.4, 0.5) is 17.1 Å². The van der Waals surface area contributed by atoms with Gasteiger partial charge in [0.05, 0.1) is 29.2 Å². The number of amides is 1. The van der Waals surface area contributed by atoms with Crippen molar-refractivity contribution in [2.24, 2.45) is 9.98 Å². The molecular formula is C31H24N4O3S. The van der Waals surface area contributed by atoms with Crippen LogP contribution < -0.4 is 4.90 Å². The second-order valence-electron chi connectivity index (χ2n) is 8.43. The van der Waals surface area contributed by atoms with Gasteiger partial charge in [-0.2, -0.15) is 0 Å². The lowest BCUT2D eigenvalue weighted by atomic mass is 10.2. The standard InChI is InChI=1S/C31H24N4O3S/c1-2-38-30(37)23-18-20-26(21-19-23)34-27(32-24-14-8-4-9-15-24)28(33-25-16-10-5-11-17-25)35(31(34)39)29(36)22-12-6-3-7-13-22/h3-21H,2H2,1H3. The molecule has 1 aliphatic rings. The Morgan fingerprint density at radius 1 is 0.692 bits per heavy atom. The van der Waals surface area contributed by atoms with Crippen molar-refractivity contribution in [3.63, 3.8) is 0 Å². The summed E-state index contributed by atoms with van der Waals surface area (Å²) in [5.41, 5.74) is 2.79. The van der Waals surface area contributed by atoms with Crippen molar-refractivity contribution in [3.05, 3.63) is 126 Å². The van der Waals surface area contributed by atoms with E-state index in [1.165, 1.54) is 4.90 Å². The highest BCUT2D eigenvalue weighted by molar-refractivity contribution is 7.80. The van der Waals surface area contributed by atoms with Gasteiger partial charge < -0.3 is 4.74 Å². The van der Waals surface area contributed by atoms with E-state index in [1.54, 1.807) is 60.4 Å². The van der Waals surface area contributed by atoms with Crippen LogP contribution in [0.5, 0.6) is 0 Å². The van der Waals surface area contributed by atoms with Gasteiger partial charge in [-0.15, -0.1) is 0 Å². The molecule has 4 aromatic rings. The monoisotopic (exact) mass is 532 g/mol. The van der Waals surface area contributed by atoms with Crippen LogP contribution in [0.15, 0.2) is 125 Å². The van der Waals surface area contributed by atoms with Crippen LogP contribution in [0.1, 0.15) is 27.6 Å². The van der Waals surface area contributed by atoms with E-state index < -0.39 is 5.97 Å². The van der Waals surface area contributed by atoms with Crippen molar-refractivity contribution in [1.82, 2.24) is 4.90 Å². The molecule has 192 valence electrons. The van der Waals surface area contributed by atoms with E-state index >= 15 is 0 Å². The molecule has 8 heteroatoms. The smallest absolute Gasteiger partial charge is 0.338 e. The van der Waals surface area contributed by atoms with Crippen LogP contribution in [-0.2, 0) is 4.74 Å². The predicted octanol–water partition coefficient (Wildman–Crippen LogP) is 6.57. The van der Waals surface area contributed by atoms with E-state index in [-0.39, 0.29) is 17.6 Å². The van der Waals surface area contributed by atoms with Gasteiger partial charge in [-0.05, 0) is 79.8 Å². The van der Waals surface area contributed by atoms with E-state index in [9.17, 15) is 9.59 Å². The lowest BCUT2D eigenvalue weighted by molar-refractivity contribution is 0.0526. The van der Waals surface area contributed by atoms with Crippen LogP contribution >= 0.6 is 12.2 Å². The van der Waals surface area contributed by atoms with Gasteiger partial charge in [0.2, 0.25) is 0 Å². The number of hydrogen-bond acceptors (Lipinski definition) is 6. The molecule has 0 bridgehead atoms. The number of benzene rings is 4. The van der Waals surface area contributed by atoms with Crippen LogP contribution in [0, 0.1) is 0 Å². The minimum Gasteiger partial charge on any atom is -0.462 e. The molecule has 5 rings (SSSR count). The number of para-hydroxylation sites is 2. The number of nitrogens with zero attached hydrogens (tertiary/aromatic N) is 4. The molecule has 0 saturated carbocycles. The fourth-order valence-corrected chi connectivity index (χ4v) is 4.38. The summed E-state index contributed by atoms with van der Waals surface area (Å²) >= 11 is 5.91. The van der Waals surface area contributed by atoms with Crippen LogP contribution in [0.3, 0.4) is 0 Å². The van der Waals surface area contributed by atoms with Gasteiger partial charge in [0, 0.05) is 5.56 Å². The lowest BCUT2D eigenvalue weighted by Crippen LogP contribution is -2.38. The molecule has 1 fully saturated rings. The van der Waals surface area contributed by atoms with E-state index in [2.05, 4.69) is 0 Å². The molecule has 0 unspecified atom stereocenters. The highest BCUT2D eigenvalue weighted by atomic mass is 32.1. The molecule has 4 aromatic carbocycles. The van der Waals surface area contributed by atoms with Gasteiger partial charge >= 0.3 is 5.97 Å². The summed E-state index contributed by atoms with van der Waals surface area (Å²) in [6.07, 6.45) is 0. The quantitative estimate of drug-likeness (QED) is 0.207. The van der Waals surface area contributed by atoms with E-state index in [0.717, 1.165) is 0 Å². The molecule has 0 aromatic heterocycles. The number of esters is 1. The zero-order valence-electron chi connectivity index (χ0n) is 21.1. The fourth-order valence-electron chi connectivity index (χ4n) is 4.02. The van der Waals surface area contributed by atoms with Gasteiger partial charge in [-0.25, -0.2) is 19.7 Å². The maximum absolute atomic E-state index is 13.9. The second-order valence-corrected chi connectivity index (χ2v) is 8.80. The molecule has 0 radical (unpaired) electrons. The number of carbonyl (C=O) groups is 2. The van der Waals surface area contributed by atoms with Gasteiger partial charge in [-0.1, -0.05) is 54.6 Å². The molecule has 1 heterocycles. The van der Waals surface area contributed by atoms with E-state index in [4.69, 9.17) is 26.9 Å². The number of anilines is 1. The highest BCUT2D eigenvalue weighted by Gasteiger charge is 2.43. The summed E-state index contributed by atoms with van der Waals surface area (Å²) in [4.78, 5) is 38.9. The number of rotatable bonds is 6. The first kappa shape index (κ1) is 25.7. The maximum Gasteiger partial charge on any atom is 0.338 e. The Labute approximate surface area is 231 Å². The van der Waals surface area contributed by atoms with Crippen LogP contribution in [0.2, 0.25) is 0 Å². The second kappa shape index (κ2) is 11.6. The molecule has 0 aliphatic carbocycles. The third-order valence-electron chi connectivity index (χ3n) is 5.85. The van der Waals surface area contributed by atoms with Gasteiger partial charge in [0.1, 0.15) is 0 Å². The normalized spacial score (nSPS) is 15.2. The Bertz CT molecular complexity index is 1550. The Morgan fingerprint density at radius 3 is 1.74 bits per heavy atom. The van der Waals surface area contributed by atoms with Crippen molar-refractivity contribution < 1.29 is 14.3 Å². The summed E-state index contributed by atoms with van der Waals surface area (Å²) in [6, 6.07) is 34.4. The predicted molar refractivity (Wildman–Crippen MR) is 157 cm³/mol. The number of ether oxygens (including phenoxy) is 1. The molecule has 1 saturated heterocycles. The third-order valence-corrected chi connectivity index (χ3v) is 6.21. The van der Waals surface area contributed by atoms with Gasteiger partial charge in [-0.3, -0.25) is 9.69 Å². The average molecular weight is 533 g/mol. The van der Waals surface area contributed by atoms with Crippen molar-refractivity contribution in [3.8, 4) is 0 Å². The third kappa shape index (κ3) is 5.51. The first-order chi connectivity index (χ1) is 19.1. The van der Waals surface area contributed by atoms with Crippen molar-refractivity contribution >= 4 is 57.9 Å². The van der Waals surface area contributed by atoms with Crippen molar-refractivity contribution in [2.75, 3.05) is 11.5 Å². The molecular weight excluding hydrogens is 508 g/mol. The molecule has 1 aliphatic heterocycles. The first-order valence-corrected chi connectivity index (χ1v) is 12.8. The largest absolute Gasteiger partial charge is 0.462 e. The summed E-state index contributed by atoms with van der Waals surface area (Å²) in [7, 11) is 0. The molecule has 0 N–H and O–H groups in total. The SMILES string of the molecule is CCOC(=O)c1ccc(N2C(=S)N(C(=O)c3ccccc3)C(=Nc3ccccc3)C2=Nc2ccccc2)cc1. The van der Waals surface area contributed by atoms with Gasteiger partial charge in [0.25, 0.3) is 5.91 Å². The van der Waals surface area contributed by atoms with E-state index in [0.29, 0.717) is 39.9 Å². The average Bonchev–Trinajstić information content (AvgIpc) is 3.24. The zero-order valence-corrected chi connectivity index (χ0v) is 21.9. The van der Waals surface area contributed by atoms with E-state index in [1.807, 2.05) is 66.7 Å². The lowest BCUT2D eigenvalue weighted by Gasteiger charge is -2.19. The molecule has 0 atom stereocenters. The Morgan fingerprint density at radius 2 is 1.21 bits per heavy atom. The minimum atomic E-state index is -0.418. The number of hydrogen-bond donors (Lipinski definition) is 0. The number of thiocarbonyl (C=S) groups is 1. The Kier molecular flexibility index (Phi) is 7.65.